The maximum Gasteiger partial charge on any atom is 0.291 e. The zero-order chi connectivity index (χ0) is 19.0. The van der Waals surface area contributed by atoms with Crippen molar-refractivity contribution >= 4 is 23.2 Å². The van der Waals surface area contributed by atoms with Crippen molar-refractivity contribution in [1.82, 2.24) is 20.1 Å². The SMILES string of the molecule is C/C=C1/CCCc2nc(C(=O)N[C@H]3COc4ccccc4N(C)C3=O)nn21. The Morgan fingerprint density at radius 1 is 1.33 bits per heavy atom. The molecule has 2 aromatic rings. The van der Waals surface area contributed by atoms with Crippen LogP contribution in [0.4, 0.5) is 5.69 Å². The van der Waals surface area contributed by atoms with E-state index in [2.05, 4.69) is 15.4 Å². The minimum Gasteiger partial charge on any atom is -0.489 e. The number of hydrogen-bond donors (Lipinski definition) is 1. The van der Waals surface area contributed by atoms with Crippen LogP contribution in [-0.4, -0.2) is 46.3 Å². The molecule has 27 heavy (non-hydrogen) atoms. The zero-order valence-electron chi connectivity index (χ0n) is 15.3. The van der Waals surface area contributed by atoms with Crippen LogP contribution in [-0.2, 0) is 11.2 Å². The van der Waals surface area contributed by atoms with Crippen LogP contribution in [0.1, 0.15) is 36.2 Å². The molecule has 2 aliphatic heterocycles. The van der Waals surface area contributed by atoms with Crippen LogP contribution in [0.3, 0.4) is 0 Å². The normalized spacial score (nSPS) is 20.5. The Balaban J connectivity index is 1.54. The lowest BCUT2D eigenvalue weighted by atomic mass is 10.1. The largest absolute Gasteiger partial charge is 0.489 e. The fourth-order valence-corrected chi connectivity index (χ4v) is 3.41. The maximum absolute atomic E-state index is 12.7. The summed E-state index contributed by atoms with van der Waals surface area (Å²) < 4.78 is 7.45. The van der Waals surface area contributed by atoms with Crippen LogP contribution in [0.5, 0.6) is 5.75 Å². The molecule has 0 saturated heterocycles. The van der Waals surface area contributed by atoms with Crippen molar-refractivity contribution in [2.45, 2.75) is 32.2 Å². The van der Waals surface area contributed by atoms with Crippen molar-refractivity contribution in [2.24, 2.45) is 0 Å². The summed E-state index contributed by atoms with van der Waals surface area (Å²) in [6, 6.07) is 6.47. The summed E-state index contributed by atoms with van der Waals surface area (Å²) in [5, 5.41) is 7.05. The molecule has 0 unspecified atom stereocenters. The number of aryl methyl sites for hydroxylation is 1. The summed E-state index contributed by atoms with van der Waals surface area (Å²) in [5.41, 5.74) is 1.71. The molecule has 4 rings (SSSR count). The molecule has 0 spiro atoms. The van der Waals surface area contributed by atoms with Crippen LogP contribution in [0, 0.1) is 0 Å². The number of fused-ring (bicyclic) bond motifs is 2. The highest BCUT2D eigenvalue weighted by Crippen LogP contribution is 2.30. The third-order valence-corrected chi connectivity index (χ3v) is 4.88. The van der Waals surface area contributed by atoms with E-state index in [1.807, 2.05) is 25.1 Å². The molecule has 2 aliphatic rings. The molecule has 1 N–H and O–H groups in total. The van der Waals surface area contributed by atoms with Gasteiger partial charge in [-0.05, 0) is 31.9 Å². The standard InChI is InChI=1S/C19H21N5O3/c1-3-12-7-6-10-16-21-17(22-24(12)16)18(25)20-13-11-27-15-9-5-4-8-14(15)23(2)19(13)26/h3-5,8-9,13H,6-7,10-11H2,1-2H3,(H,20,25)/b12-3-/t13-/m0/s1. The molecular formula is C19H21N5O3. The van der Waals surface area contributed by atoms with Crippen LogP contribution in [0.2, 0.25) is 0 Å². The number of aromatic nitrogens is 3. The number of carbonyl (C=O) groups is 2. The number of amides is 2. The lowest BCUT2D eigenvalue weighted by Crippen LogP contribution is -2.49. The van der Waals surface area contributed by atoms with Gasteiger partial charge < -0.3 is 15.0 Å². The molecule has 2 amide bonds. The molecule has 140 valence electrons. The molecule has 1 aromatic carbocycles. The van der Waals surface area contributed by atoms with E-state index in [9.17, 15) is 9.59 Å². The fraction of sp³-hybridized carbons (Fsp3) is 0.368. The highest BCUT2D eigenvalue weighted by atomic mass is 16.5. The van der Waals surface area contributed by atoms with Gasteiger partial charge in [0.25, 0.3) is 11.8 Å². The number of rotatable bonds is 2. The van der Waals surface area contributed by atoms with Crippen molar-refractivity contribution in [1.29, 1.82) is 0 Å². The monoisotopic (exact) mass is 367 g/mol. The van der Waals surface area contributed by atoms with Gasteiger partial charge in [0.2, 0.25) is 5.82 Å². The average Bonchev–Trinajstić information content (AvgIpc) is 3.10. The minimum atomic E-state index is -0.809. The molecule has 0 fully saturated rings. The second-order valence-electron chi connectivity index (χ2n) is 6.60. The van der Waals surface area contributed by atoms with Gasteiger partial charge in [-0.25, -0.2) is 9.67 Å². The first-order chi connectivity index (χ1) is 13.1. The molecular weight excluding hydrogens is 346 g/mol. The molecule has 3 heterocycles. The number of likely N-dealkylation sites (N-methyl/N-ethyl adjacent to an activating group) is 1. The first kappa shape index (κ1) is 17.3. The predicted octanol–water partition coefficient (Wildman–Crippen LogP) is 1.63. The molecule has 0 saturated carbocycles. The highest BCUT2D eigenvalue weighted by molar-refractivity contribution is 6.02. The van der Waals surface area contributed by atoms with Crippen LogP contribution < -0.4 is 15.0 Å². The Bertz CT molecular complexity index is 933. The fourth-order valence-electron chi connectivity index (χ4n) is 3.41. The number of para-hydroxylation sites is 2. The van der Waals surface area contributed by atoms with Crippen molar-refractivity contribution in [3.05, 3.63) is 42.0 Å². The van der Waals surface area contributed by atoms with Crippen molar-refractivity contribution in [2.75, 3.05) is 18.6 Å². The van der Waals surface area contributed by atoms with Crippen molar-refractivity contribution in [3.63, 3.8) is 0 Å². The quantitative estimate of drug-likeness (QED) is 0.871. The van der Waals surface area contributed by atoms with Gasteiger partial charge in [0.1, 0.15) is 24.2 Å². The second-order valence-corrected chi connectivity index (χ2v) is 6.60. The average molecular weight is 367 g/mol. The smallest absolute Gasteiger partial charge is 0.291 e. The highest BCUT2D eigenvalue weighted by Gasteiger charge is 2.32. The van der Waals surface area contributed by atoms with Gasteiger partial charge >= 0.3 is 0 Å². The Labute approximate surface area is 156 Å². The van der Waals surface area contributed by atoms with Gasteiger partial charge in [-0.1, -0.05) is 18.2 Å². The van der Waals surface area contributed by atoms with Gasteiger partial charge in [0.05, 0.1) is 5.69 Å². The number of nitrogens with zero attached hydrogens (tertiary/aromatic N) is 4. The molecule has 8 heteroatoms. The van der Waals surface area contributed by atoms with E-state index in [0.29, 0.717) is 11.4 Å². The van der Waals surface area contributed by atoms with Gasteiger partial charge in [0.15, 0.2) is 0 Å². The second kappa shape index (κ2) is 6.86. The molecule has 8 nitrogen and oxygen atoms in total. The van der Waals surface area contributed by atoms with Crippen LogP contribution in [0.15, 0.2) is 30.3 Å². The van der Waals surface area contributed by atoms with E-state index in [-0.39, 0.29) is 18.3 Å². The number of nitrogens with one attached hydrogen (secondary N) is 1. The first-order valence-corrected chi connectivity index (χ1v) is 9.00. The Hall–Kier alpha value is -3.16. The zero-order valence-corrected chi connectivity index (χ0v) is 15.3. The van der Waals surface area contributed by atoms with Crippen molar-refractivity contribution < 1.29 is 14.3 Å². The molecule has 1 atom stereocenters. The maximum atomic E-state index is 12.7. The molecule has 0 bridgehead atoms. The van der Waals surface area contributed by atoms with E-state index >= 15 is 0 Å². The number of hydrogen-bond acceptors (Lipinski definition) is 5. The van der Waals surface area contributed by atoms with Crippen LogP contribution in [0.25, 0.3) is 5.70 Å². The van der Waals surface area contributed by atoms with Crippen LogP contribution >= 0.6 is 0 Å². The summed E-state index contributed by atoms with van der Waals surface area (Å²) in [6.07, 6.45) is 4.65. The Morgan fingerprint density at radius 3 is 2.96 bits per heavy atom. The third kappa shape index (κ3) is 3.07. The summed E-state index contributed by atoms with van der Waals surface area (Å²) >= 11 is 0. The van der Waals surface area contributed by atoms with E-state index in [4.69, 9.17) is 4.74 Å². The number of benzene rings is 1. The summed E-state index contributed by atoms with van der Waals surface area (Å²) in [7, 11) is 1.67. The topological polar surface area (TPSA) is 89.3 Å². The summed E-state index contributed by atoms with van der Waals surface area (Å²) in [4.78, 5) is 31.3. The van der Waals surface area contributed by atoms with Gasteiger partial charge in [-0.3, -0.25) is 9.59 Å². The number of carbonyl (C=O) groups excluding carboxylic acids is 2. The Kier molecular flexibility index (Phi) is 4.39. The molecule has 0 radical (unpaired) electrons. The molecule has 0 aliphatic carbocycles. The lowest BCUT2D eigenvalue weighted by molar-refractivity contribution is -0.120. The summed E-state index contributed by atoms with van der Waals surface area (Å²) in [6.45, 7) is 2.00. The van der Waals surface area contributed by atoms with Gasteiger partial charge in [0, 0.05) is 19.2 Å². The third-order valence-electron chi connectivity index (χ3n) is 4.88. The van der Waals surface area contributed by atoms with E-state index in [1.54, 1.807) is 23.9 Å². The number of ether oxygens (including phenoxy) is 1. The predicted molar refractivity (Wildman–Crippen MR) is 99.5 cm³/mol. The van der Waals surface area contributed by atoms with Crippen molar-refractivity contribution in [3.8, 4) is 5.75 Å². The number of allylic oxidation sites excluding steroid dienone is 2. The van der Waals surface area contributed by atoms with Gasteiger partial charge in [-0.15, -0.1) is 5.10 Å². The minimum absolute atomic E-state index is 0.0552. The van der Waals surface area contributed by atoms with E-state index in [1.165, 1.54) is 4.90 Å². The molecule has 1 aromatic heterocycles. The lowest BCUT2D eigenvalue weighted by Gasteiger charge is -2.19. The summed E-state index contributed by atoms with van der Waals surface area (Å²) in [5.74, 6) is 0.731. The first-order valence-electron chi connectivity index (χ1n) is 9.00. The van der Waals surface area contributed by atoms with Gasteiger partial charge in [-0.2, -0.15) is 0 Å². The number of anilines is 1. The van der Waals surface area contributed by atoms with E-state index < -0.39 is 11.9 Å². The van der Waals surface area contributed by atoms with E-state index in [0.717, 1.165) is 30.8 Å². The Morgan fingerprint density at radius 2 is 2.15 bits per heavy atom.